The predicted molar refractivity (Wildman–Crippen MR) is 101 cm³/mol. The molecule has 0 saturated carbocycles. The molecule has 0 aromatic heterocycles. The third-order valence-electron chi connectivity index (χ3n) is 4.35. The molecular formula is C20H22N2O5. The summed E-state index contributed by atoms with van der Waals surface area (Å²) >= 11 is 0. The lowest BCUT2D eigenvalue weighted by Gasteiger charge is -2.15. The molecule has 0 atom stereocenters. The summed E-state index contributed by atoms with van der Waals surface area (Å²) in [5.74, 6) is -0.100. The molecule has 0 fully saturated rings. The number of benzene rings is 2. The van der Waals surface area contributed by atoms with Crippen molar-refractivity contribution >= 4 is 28.3 Å². The minimum atomic E-state index is -0.562. The van der Waals surface area contributed by atoms with Gasteiger partial charge in [-0.25, -0.2) is 4.79 Å². The number of rotatable bonds is 7. The molecule has 0 aliphatic carbocycles. The van der Waals surface area contributed by atoms with Crippen molar-refractivity contribution in [3.63, 3.8) is 0 Å². The Labute approximate surface area is 157 Å². The number of methoxy groups -OCH3 is 1. The van der Waals surface area contributed by atoms with Crippen LogP contribution in [0.25, 0.3) is 10.8 Å². The number of hydrogen-bond acceptors (Lipinski definition) is 6. The number of fused-ring (bicyclic) bond motifs is 1. The fourth-order valence-electron chi connectivity index (χ4n) is 3.05. The average molecular weight is 370 g/mol. The molecular weight excluding hydrogens is 348 g/mol. The SMILES string of the molecule is CCOc1ccc2cc(NC3=C(C(=O)OC)CN(CCO)C3=O)ccc2c1. The van der Waals surface area contributed by atoms with E-state index in [0.29, 0.717) is 12.3 Å². The second kappa shape index (κ2) is 8.09. The minimum absolute atomic E-state index is 0.111. The molecule has 27 heavy (non-hydrogen) atoms. The number of nitrogens with one attached hydrogen (secondary N) is 1. The molecule has 1 aliphatic rings. The number of hydrogen-bond donors (Lipinski definition) is 2. The first-order valence-corrected chi connectivity index (χ1v) is 8.72. The van der Waals surface area contributed by atoms with E-state index in [1.165, 1.54) is 12.0 Å². The number of aliphatic hydroxyl groups excluding tert-OH is 1. The van der Waals surface area contributed by atoms with Crippen molar-refractivity contribution in [1.82, 2.24) is 4.90 Å². The van der Waals surface area contributed by atoms with Gasteiger partial charge >= 0.3 is 5.97 Å². The highest BCUT2D eigenvalue weighted by Gasteiger charge is 2.34. The molecule has 1 amide bonds. The molecule has 0 unspecified atom stereocenters. The first-order chi connectivity index (χ1) is 13.1. The molecule has 2 N–H and O–H groups in total. The van der Waals surface area contributed by atoms with Crippen LogP contribution in [-0.4, -0.2) is 55.3 Å². The third-order valence-corrected chi connectivity index (χ3v) is 4.35. The molecule has 2 aromatic rings. The Bertz CT molecular complexity index is 906. The summed E-state index contributed by atoms with van der Waals surface area (Å²) in [4.78, 5) is 26.0. The van der Waals surface area contributed by atoms with Gasteiger partial charge in [-0.2, -0.15) is 0 Å². The standard InChI is InChI=1S/C20H22N2O5/c1-3-27-16-7-5-13-10-15(6-4-14(13)11-16)21-18-17(20(25)26-2)12-22(8-9-23)19(18)24/h4-7,10-11,21,23H,3,8-9,12H2,1-2H3. The molecule has 142 valence electrons. The summed E-state index contributed by atoms with van der Waals surface area (Å²) in [7, 11) is 1.28. The zero-order chi connectivity index (χ0) is 19.4. The van der Waals surface area contributed by atoms with E-state index < -0.39 is 5.97 Å². The third kappa shape index (κ3) is 3.88. The lowest BCUT2D eigenvalue weighted by molar-refractivity contribution is -0.136. The minimum Gasteiger partial charge on any atom is -0.494 e. The highest BCUT2D eigenvalue weighted by atomic mass is 16.5. The van der Waals surface area contributed by atoms with Gasteiger partial charge in [0, 0.05) is 12.2 Å². The van der Waals surface area contributed by atoms with Crippen molar-refractivity contribution in [2.24, 2.45) is 0 Å². The second-order valence-electron chi connectivity index (χ2n) is 6.08. The lowest BCUT2D eigenvalue weighted by Crippen LogP contribution is -2.31. The summed E-state index contributed by atoms with van der Waals surface area (Å²) in [6.45, 7) is 2.62. The van der Waals surface area contributed by atoms with Gasteiger partial charge in [0.25, 0.3) is 5.91 Å². The molecule has 1 aliphatic heterocycles. The number of aliphatic hydroxyl groups is 1. The Morgan fingerprint density at radius 2 is 1.96 bits per heavy atom. The van der Waals surface area contributed by atoms with E-state index in [2.05, 4.69) is 5.32 Å². The van der Waals surface area contributed by atoms with Gasteiger partial charge in [-0.15, -0.1) is 0 Å². The first-order valence-electron chi connectivity index (χ1n) is 8.72. The number of β-amino-alcohol motifs (C(OH)–C–C–N with tert-alkyl or cyclic N) is 1. The molecule has 0 bridgehead atoms. The molecule has 1 heterocycles. The van der Waals surface area contributed by atoms with Crippen LogP contribution in [0.5, 0.6) is 5.75 Å². The first kappa shape index (κ1) is 18.7. The maximum Gasteiger partial charge on any atom is 0.337 e. The fourth-order valence-corrected chi connectivity index (χ4v) is 3.05. The van der Waals surface area contributed by atoms with E-state index in [9.17, 15) is 9.59 Å². The zero-order valence-electron chi connectivity index (χ0n) is 15.3. The molecule has 0 radical (unpaired) electrons. The summed E-state index contributed by atoms with van der Waals surface area (Å²) in [6, 6.07) is 11.4. The predicted octanol–water partition coefficient (Wildman–Crippen LogP) is 1.91. The Morgan fingerprint density at radius 1 is 1.22 bits per heavy atom. The van der Waals surface area contributed by atoms with Gasteiger partial charge in [0.2, 0.25) is 0 Å². The number of carbonyl (C=O) groups excluding carboxylic acids is 2. The zero-order valence-corrected chi connectivity index (χ0v) is 15.3. The topological polar surface area (TPSA) is 88.1 Å². The van der Waals surface area contributed by atoms with Crippen LogP contribution in [0.1, 0.15) is 6.92 Å². The fraction of sp³-hybridized carbons (Fsp3) is 0.300. The number of esters is 1. The van der Waals surface area contributed by atoms with Crippen molar-refractivity contribution in [2.45, 2.75) is 6.92 Å². The van der Waals surface area contributed by atoms with Gasteiger partial charge < -0.3 is 24.8 Å². The van der Waals surface area contributed by atoms with Gasteiger partial charge in [0.1, 0.15) is 11.4 Å². The number of amides is 1. The van der Waals surface area contributed by atoms with Gasteiger partial charge in [-0.05, 0) is 42.0 Å². The molecule has 7 heteroatoms. The Kier molecular flexibility index (Phi) is 5.61. The summed E-state index contributed by atoms with van der Waals surface area (Å²) in [5, 5.41) is 14.2. The summed E-state index contributed by atoms with van der Waals surface area (Å²) in [5.41, 5.74) is 1.12. The van der Waals surface area contributed by atoms with Crippen molar-refractivity contribution in [3.05, 3.63) is 47.7 Å². The van der Waals surface area contributed by atoms with Crippen LogP contribution in [0.2, 0.25) is 0 Å². The van der Waals surface area contributed by atoms with Gasteiger partial charge in [0.15, 0.2) is 0 Å². The Hall–Kier alpha value is -3.06. The molecule has 0 saturated heterocycles. The van der Waals surface area contributed by atoms with Crippen LogP contribution in [0, 0.1) is 0 Å². The normalized spacial score (nSPS) is 14.0. The summed E-state index contributed by atoms with van der Waals surface area (Å²) in [6.07, 6.45) is 0. The van der Waals surface area contributed by atoms with Gasteiger partial charge in [0.05, 0.1) is 32.4 Å². The van der Waals surface area contributed by atoms with Crippen molar-refractivity contribution < 1.29 is 24.2 Å². The van der Waals surface area contributed by atoms with Gasteiger partial charge in [-0.1, -0.05) is 12.1 Å². The smallest absolute Gasteiger partial charge is 0.337 e. The number of carbonyl (C=O) groups is 2. The lowest BCUT2D eigenvalue weighted by atomic mass is 10.1. The van der Waals surface area contributed by atoms with E-state index in [0.717, 1.165) is 16.5 Å². The van der Waals surface area contributed by atoms with Crippen LogP contribution in [0.3, 0.4) is 0 Å². The van der Waals surface area contributed by atoms with Crippen molar-refractivity contribution in [2.75, 3.05) is 38.7 Å². The highest BCUT2D eigenvalue weighted by Crippen LogP contribution is 2.27. The van der Waals surface area contributed by atoms with Gasteiger partial charge in [-0.3, -0.25) is 4.79 Å². The molecule has 7 nitrogen and oxygen atoms in total. The van der Waals surface area contributed by atoms with E-state index >= 15 is 0 Å². The van der Waals surface area contributed by atoms with Crippen molar-refractivity contribution in [3.8, 4) is 5.75 Å². The van der Waals surface area contributed by atoms with Crippen LogP contribution < -0.4 is 10.1 Å². The molecule has 2 aromatic carbocycles. The van der Waals surface area contributed by atoms with Crippen LogP contribution >= 0.6 is 0 Å². The maximum absolute atomic E-state index is 12.6. The largest absolute Gasteiger partial charge is 0.494 e. The quantitative estimate of drug-likeness (QED) is 0.724. The van der Waals surface area contributed by atoms with E-state index in [4.69, 9.17) is 14.6 Å². The second-order valence-corrected chi connectivity index (χ2v) is 6.08. The summed E-state index contributed by atoms with van der Waals surface area (Å²) < 4.78 is 10.3. The average Bonchev–Trinajstić information content (AvgIpc) is 2.98. The van der Waals surface area contributed by atoms with E-state index in [-0.39, 0.29) is 36.9 Å². The Balaban J connectivity index is 1.90. The van der Waals surface area contributed by atoms with E-state index in [1.807, 2.05) is 43.3 Å². The molecule has 3 rings (SSSR count). The Morgan fingerprint density at radius 3 is 2.67 bits per heavy atom. The molecule has 0 spiro atoms. The number of nitrogens with zero attached hydrogens (tertiary/aromatic N) is 1. The highest BCUT2D eigenvalue weighted by molar-refractivity contribution is 6.08. The number of ether oxygens (including phenoxy) is 2. The maximum atomic E-state index is 12.6. The number of anilines is 1. The van der Waals surface area contributed by atoms with Crippen LogP contribution in [0.15, 0.2) is 47.7 Å². The van der Waals surface area contributed by atoms with Crippen LogP contribution in [0.4, 0.5) is 5.69 Å². The van der Waals surface area contributed by atoms with Crippen LogP contribution in [-0.2, 0) is 14.3 Å². The van der Waals surface area contributed by atoms with E-state index in [1.54, 1.807) is 0 Å². The monoisotopic (exact) mass is 370 g/mol. The van der Waals surface area contributed by atoms with Crippen molar-refractivity contribution in [1.29, 1.82) is 0 Å².